The molecule has 0 radical (unpaired) electrons. The van der Waals surface area contributed by atoms with Gasteiger partial charge in [0.25, 0.3) is 0 Å². The number of rotatable bonds is 6. The minimum Gasteiger partial charge on any atom is -0.493 e. The van der Waals surface area contributed by atoms with Gasteiger partial charge in [0.1, 0.15) is 12.4 Å². The Kier molecular flexibility index (Phi) is 4.87. The second-order valence-corrected chi connectivity index (χ2v) is 4.66. The number of ether oxygens (including phenoxy) is 2. The van der Waals surface area contributed by atoms with E-state index in [0.29, 0.717) is 29.7 Å². The van der Waals surface area contributed by atoms with Crippen LogP contribution >= 0.6 is 11.6 Å². The molecule has 5 nitrogen and oxygen atoms in total. The SMILES string of the molecule is CCn1ccnc1COc1c(CN)cc(Cl)cc1OC. The summed E-state index contributed by atoms with van der Waals surface area (Å²) in [6.45, 7) is 3.58. The van der Waals surface area contributed by atoms with Crippen LogP contribution in [-0.4, -0.2) is 16.7 Å². The molecule has 0 saturated heterocycles. The number of nitrogens with zero attached hydrogens (tertiary/aromatic N) is 2. The standard InChI is InChI=1S/C14H18ClN3O2/c1-3-18-5-4-17-13(18)9-20-14-10(8-16)6-11(15)7-12(14)19-2/h4-7H,3,8-9,16H2,1-2H3. The molecule has 2 aromatic rings. The van der Waals surface area contributed by atoms with Crippen LogP contribution in [-0.2, 0) is 19.7 Å². The number of hydrogen-bond acceptors (Lipinski definition) is 4. The van der Waals surface area contributed by atoms with Gasteiger partial charge in [0.2, 0.25) is 0 Å². The minimum atomic E-state index is 0.328. The van der Waals surface area contributed by atoms with Crippen LogP contribution in [0.25, 0.3) is 0 Å². The van der Waals surface area contributed by atoms with Crippen molar-refractivity contribution in [3.8, 4) is 11.5 Å². The smallest absolute Gasteiger partial charge is 0.166 e. The van der Waals surface area contributed by atoms with Gasteiger partial charge < -0.3 is 19.8 Å². The first-order valence-corrected chi connectivity index (χ1v) is 6.76. The van der Waals surface area contributed by atoms with Crippen LogP contribution < -0.4 is 15.2 Å². The quantitative estimate of drug-likeness (QED) is 0.890. The molecule has 1 aromatic heterocycles. The number of imidazole rings is 1. The van der Waals surface area contributed by atoms with Gasteiger partial charge in [-0.25, -0.2) is 4.98 Å². The molecule has 0 spiro atoms. The summed E-state index contributed by atoms with van der Waals surface area (Å²) < 4.78 is 13.2. The predicted molar refractivity (Wildman–Crippen MR) is 78.1 cm³/mol. The highest BCUT2D eigenvalue weighted by Gasteiger charge is 2.13. The number of methoxy groups -OCH3 is 1. The first-order valence-electron chi connectivity index (χ1n) is 6.38. The molecule has 0 unspecified atom stereocenters. The van der Waals surface area contributed by atoms with Crippen molar-refractivity contribution >= 4 is 11.6 Å². The van der Waals surface area contributed by atoms with E-state index in [1.807, 2.05) is 10.8 Å². The van der Waals surface area contributed by atoms with E-state index in [9.17, 15) is 0 Å². The normalized spacial score (nSPS) is 10.6. The third-order valence-corrected chi connectivity index (χ3v) is 3.24. The lowest BCUT2D eigenvalue weighted by atomic mass is 10.2. The fourth-order valence-corrected chi connectivity index (χ4v) is 2.23. The lowest BCUT2D eigenvalue weighted by Gasteiger charge is -2.15. The maximum absolute atomic E-state index is 6.02. The van der Waals surface area contributed by atoms with Gasteiger partial charge in [0.15, 0.2) is 11.5 Å². The maximum atomic E-state index is 6.02. The fourth-order valence-electron chi connectivity index (χ4n) is 1.99. The Bertz CT molecular complexity index is 559. The van der Waals surface area contributed by atoms with E-state index in [1.165, 1.54) is 0 Å². The molecule has 1 aromatic carbocycles. The first kappa shape index (κ1) is 14.7. The van der Waals surface area contributed by atoms with Crippen molar-refractivity contribution in [1.82, 2.24) is 9.55 Å². The molecule has 0 aliphatic heterocycles. The highest BCUT2D eigenvalue weighted by Crippen LogP contribution is 2.35. The summed E-state index contributed by atoms with van der Waals surface area (Å²) in [6, 6.07) is 3.49. The van der Waals surface area contributed by atoms with Crippen LogP contribution in [0.3, 0.4) is 0 Å². The van der Waals surface area contributed by atoms with Gasteiger partial charge in [-0.2, -0.15) is 0 Å². The molecule has 108 valence electrons. The van der Waals surface area contributed by atoms with Gasteiger partial charge in [-0.3, -0.25) is 0 Å². The van der Waals surface area contributed by atoms with E-state index in [2.05, 4.69) is 11.9 Å². The zero-order valence-electron chi connectivity index (χ0n) is 11.6. The summed E-state index contributed by atoms with van der Waals surface area (Å²) in [5.74, 6) is 2.05. The number of aryl methyl sites for hydroxylation is 1. The van der Waals surface area contributed by atoms with Crippen LogP contribution in [0.5, 0.6) is 11.5 Å². The summed E-state index contributed by atoms with van der Waals surface area (Å²) in [5, 5.41) is 0.574. The monoisotopic (exact) mass is 295 g/mol. The Morgan fingerprint density at radius 3 is 2.85 bits per heavy atom. The van der Waals surface area contributed by atoms with Gasteiger partial charge in [0.05, 0.1) is 7.11 Å². The van der Waals surface area contributed by atoms with Crippen LogP contribution in [0.2, 0.25) is 5.02 Å². The van der Waals surface area contributed by atoms with Crippen molar-refractivity contribution in [3.05, 3.63) is 40.9 Å². The van der Waals surface area contributed by atoms with Crippen LogP contribution in [0.4, 0.5) is 0 Å². The first-order chi connectivity index (χ1) is 9.69. The average Bonchev–Trinajstić information content (AvgIpc) is 2.92. The van der Waals surface area contributed by atoms with E-state index >= 15 is 0 Å². The summed E-state index contributed by atoms with van der Waals surface area (Å²) in [6.07, 6.45) is 3.67. The van der Waals surface area contributed by atoms with Gasteiger partial charge in [-0.1, -0.05) is 11.6 Å². The van der Waals surface area contributed by atoms with Gasteiger partial charge in [-0.05, 0) is 13.0 Å². The summed E-state index contributed by atoms with van der Waals surface area (Å²) >= 11 is 6.02. The Morgan fingerprint density at radius 2 is 2.20 bits per heavy atom. The summed E-state index contributed by atoms with van der Waals surface area (Å²) in [7, 11) is 1.58. The molecular weight excluding hydrogens is 278 g/mol. The number of nitrogens with two attached hydrogens (primary N) is 1. The Labute approximate surface area is 123 Å². The molecule has 2 N–H and O–H groups in total. The van der Waals surface area contributed by atoms with E-state index in [0.717, 1.165) is 17.9 Å². The molecule has 0 fully saturated rings. The summed E-state index contributed by atoms with van der Waals surface area (Å²) in [4.78, 5) is 4.27. The molecule has 0 aliphatic rings. The molecule has 0 saturated carbocycles. The number of hydrogen-bond donors (Lipinski definition) is 1. The molecule has 6 heteroatoms. The molecule has 0 aliphatic carbocycles. The number of benzene rings is 1. The van der Waals surface area contributed by atoms with Gasteiger partial charge in [-0.15, -0.1) is 0 Å². The van der Waals surface area contributed by atoms with Crippen molar-refractivity contribution < 1.29 is 9.47 Å². The number of aromatic nitrogens is 2. The maximum Gasteiger partial charge on any atom is 0.166 e. The fraction of sp³-hybridized carbons (Fsp3) is 0.357. The third kappa shape index (κ3) is 3.05. The Morgan fingerprint density at radius 1 is 1.40 bits per heavy atom. The van der Waals surface area contributed by atoms with Crippen molar-refractivity contribution in [1.29, 1.82) is 0 Å². The van der Waals surface area contributed by atoms with Crippen LogP contribution in [0, 0.1) is 0 Å². The van der Waals surface area contributed by atoms with Crippen molar-refractivity contribution in [3.63, 3.8) is 0 Å². The van der Waals surface area contributed by atoms with Crippen molar-refractivity contribution in [2.24, 2.45) is 5.73 Å². The topological polar surface area (TPSA) is 62.3 Å². The second-order valence-electron chi connectivity index (χ2n) is 4.22. The lowest BCUT2D eigenvalue weighted by Crippen LogP contribution is -2.08. The Hall–Kier alpha value is -1.72. The largest absolute Gasteiger partial charge is 0.493 e. The summed E-state index contributed by atoms with van der Waals surface area (Å²) in [5.41, 5.74) is 6.54. The number of halogens is 1. The lowest BCUT2D eigenvalue weighted by molar-refractivity contribution is 0.269. The molecular formula is C14H18ClN3O2. The highest BCUT2D eigenvalue weighted by molar-refractivity contribution is 6.30. The zero-order chi connectivity index (χ0) is 14.5. The highest BCUT2D eigenvalue weighted by atomic mass is 35.5. The second kappa shape index (κ2) is 6.63. The van der Waals surface area contributed by atoms with E-state index < -0.39 is 0 Å². The van der Waals surface area contributed by atoms with E-state index in [4.69, 9.17) is 26.8 Å². The molecule has 1 heterocycles. The Balaban J connectivity index is 2.24. The van der Waals surface area contributed by atoms with Gasteiger partial charge in [0, 0.05) is 42.1 Å². The molecule has 20 heavy (non-hydrogen) atoms. The molecule has 0 amide bonds. The predicted octanol–water partition coefficient (Wildman–Crippen LogP) is 2.60. The molecule has 0 bridgehead atoms. The minimum absolute atomic E-state index is 0.328. The van der Waals surface area contributed by atoms with Crippen molar-refractivity contribution in [2.75, 3.05) is 7.11 Å². The van der Waals surface area contributed by atoms with Crippen molar-refractivity contribution in [2.45, 2.75) is 26.6 Å². The van der Waals surface area contributed by atoms with E-state index in [-0.39, 0.29) is 0 Å². The van der Waals surface area contributed by atoms with Crippen LogP contribution in [0.15, 0.2) is 24.5 Å². The molecule has 0 atom stereocenters. The molecule has 2 rings (SSSR count). The average molecular weight is 296 g/mol. The zero-order valence-corrected chi connectivity index (χ0v) is 12.4. The van der Waals surface area contributed by atoms with E-state index in [1.54, 1.807) is 25.4 Å². The van der Waals surface area contributed by atoms with Gasteiger partial charge >= 0.3 is 0 Å². The van der Waals surface area contributed by atoms with Crippen LogP contribution in [0.1, 0.15) is 18.3 Å². The third-order valence-electron chi connectivity index (χ3n) is 3.02.